The number of carbonyl (C=O) groups is 1. The highest BCUT2D eigenvalue weighted by molar-refractivity contribution is 5.94. The maximum absolute atomic E-state index is 12.0. The van der Waals surface area contributed by atoms with Gasteiger partial charge in [-0.05, 0) is 23.6 Å². The Hall–Kier alpha value is -2.30. The van der Waals surface area contributed by atoms with E-state index in [0.29, 0.717) is 18.9 Å². The maximum Gasteiger partial charge on any atom is 0.226 e. The molecule has 0 saturated carbocycles. The van der Waals surface area contributed by atoms with E-state index in [0.717, 1.165) is 22.7 Å². The molecular formula is C17H21N3O2. The lowest BCUT2D eigenvalue weighted by atomic mass is 9.87. The van der Waals surface area contributed by atoms with E-state index in [4.69, 9.17) is 4.74 Å². The zero-order valence-corrected chi connectivity index (χ0v) is 13.2. The fourth-order valence-electron chi connectivity index (χ4n) is 2.72. The molecule has 0 aliphatic carbocycles. The molecule has 5 heteroatoms. The number of nitrogens with zero attached hydrogens (tertiary/aromatic N) is 2. The van der Waals surface area contributed by atoms with E-state index in [1.54, 1.807) is 4.68 Å². The van der Waals surface area contributed by atoms with E-state index in [1.807, 2.05) is 37.5 Å². The van der Waals surface area contributed by atoms with Gasteiger partial charge >= 0.3 is 0 Å². The lowest BCUT2D eigenvalue weighted by molar-refractivity contribution is -0.116. The highest BCUT2D eigenvalue weighted by atomic mass is 16.5. The normalized spacial score (nSPS) is 17.3. The number of hydrogen-bond donors (Lipinski definition) is 1. The molecule has 1 N–H and O–H groups in total. The second-order valence-corrected chi connectivity index (χ2v) is 6.15. The van der Waals surface area contributed by atoms with Crippen molar-refractivity contribution in [3.8, 4) is 5.75 Å². The van der Waals surface area contributed by atoms with E-state index in [9.17, 15) is 4.79 Å². The van der Waals surface area contributed by atoms with Gasteiger partial charge in [0.2, 0.25) is 5.91 Å². The topological polar surface area (TPSA) is 56.1 Å². The van der Waals surface area contributed by atoms with Crippen LogP contribution in [0.5, 0.6) is 5.75 Å². The highest BCUT2D eigenvalue weighted by Crippen LogP contribution is 2.37. The zero-order chi connectivity index (χ0) is 15.7. The minimum atomic E-state index is 0.0228. The second-order valence-electron chi connectivity index (χ2n) is 6.15. The summed E-state index contributed by atoms with van der Waals surface area (Å²) in [5.41, 5.74) is 2.15. The first-order valence-corrected chi connectivity index (χ1v) is 7.59. The molecule has 3 rings (SSSR count). The predicted octanol–water partition coefficient (Wildman–Crippen LogP) is 2.93. The summed E-state index contributed by atoms with van der Waals surface area (Å²) in [5.74, 6) is 2.17. The van der Waals surface area contributed by atoms with Crippen molar-refractivity contribution in [2.24, 2.45) is 13.0 Å². The van der Waals surface area contributed by atoms with Gasteiger partial charge in [0.25, 0.3) is 0 Å². The summed E-state index contributed by atoms with van der Waals surface area (Å²) < 4.78 is 7.50. The minimum absolute atomic E-state index is 0.0228. The van der Waals surface area contributed by atoms with Gasteiger partial charge in [0, 0.05) is 24.9 Å². The Morgan fingerprint density at radius 3 is 3.05 bits per heavy atom. The average molecular weight is 299 g/mol. The molecule has 1 amide bonds. The minimum Gasteiger partial charge on any atom is -0.493 e. The number of aromatic nitrogens is 2. The SMILES string of the molecule is CC(C)COc1cccc(C2CC(=O)Nc3c2cnn3C)c1. The molecule has 0 saturated heterocycles. The van der Waals surface area contributed by atoms with Gasteiger partial charge in [-0.15, -0.1) is 0 Å². The summed E-state index contributed by atoms with van der Waals surface area (Å²) in [5, 5.41) is 7.15. The molecule has 1 aliphatic heterocycles. The Morgan fingerprint density at radius 1 is 1.45 bits per heavy atom. The fraction of sp³-hybridized carbons (Fsp3) is 0.412. The van der Waals surface area contributed by atoms with Crippen LogP contribution in [0.4, 0.5) is 5.82 Å². The summed E-state index contributed by atoms with van der Waals surface area (Å²) in [6.45, 7) is 4.93. The number of fused-ring (bicyclic) bond motifs is 1. The smallest absolute Gasteiger partial charge is 0.226 e. The van der Waals surface area contributed by atoms with Crippen LogP contribution in [0.15, 0.2) is 30.5 Å². The molecular weight excluding hydrogens is 278 g/mol. The van der Waals surface area contributed by atoms with Crippen LogP contribution in [0.1, 0.15) is 37.3 Å². The largest absolute Gasteiger partial charge is 0.493 e. The Labute approximate surface area is 130 Å². The van der Waals surface area contributed by atoms with E-state index in [2.05, 4.69) is 24.3 Å². The lowest BCUT2D eigenvalue weighted by Crippen LogP contribution is -2.24. The number of aryl methyl sites for hydroxylation is 1. The van der Waals surface area contributed by atoms with Crippen molar-refractivity contribution in [1.82, 2.24) is 9.78 Å². The monoisotopic (exact) mass is 299 g/mol. The van der Waals surface area contributed by atoms with Gasteiger partial charge in [0.1, 0.15) is 11.6 Å². The first-order valence-electron chi connectivity index (χ1n) is 7.59. The van der Waals surface area contributed by atoms with Gasteiger partial charge < -0.3 is 10.1 Å². The van der Waals surface area contributed by atoms with Crippen molar-refractivity contribution in [3.63, 3.8) is 0 Å². The molecule has 5 nitrogen and oxygen atoms in total. The number of hydrogen-bond acceptors (Lipinski definition) is 3. The number of carbonyl (C=O) groups excluding carboxylic acids is 1. The highest BCUT2D eigenvalue weighted by Gasteiger charge is 2.29. The van der Waals surface area contributed by atoms with E-state index < -0.39 is 0 Å². The molecule has 2 heterocycles. The summed E-state index contributed by atoms with van der Waals surface area (Å²) in [6, 6.07) is 8.01. The molecule has 0 fully saturated rings. The Morgan fingerprint density at radius 2 is 2.27 bits per heavy atom. The van der Waals surface area contributed by atoms with Gasteiger partial charge in [-0.25, -0.2) is 0 Å². The number of nitrogens with one attached hydrogen (secondary N) is 1. The van der Waals surface area contributed by atoms with E-state index >= 15 is 0 Å². The third-order valence-electron chi connectivity index (χ3n) is 3.83. The van der Waals surface area contributed by atoms with Gasteiger partial charge in [-0.1, -0.05) is 26.0 Å². The lowest BCUT2D eigenvalue weighted by Gasteiger charge is -2.23. The molecule has 1 unspecified atom stereocenters. The van der Waals surface area contributed by atoms with Crippen molar-refractivity contribution < 1.29 is 9.53 Å². The quantitative estimate of drug-likeness (QED) is 0.944. The Balaban J connectivity index is 1.91. The summed E-state index contributed by atoms with van der Waals surface area (Å²) in [4.78, 5) is 12.0. The van der Waals surface area contributed by atoms with Crippen molar-refractivity contribution in [1.29, 1.82) is 0 Å². The maximum atomic E-state index is 12.0. The molecule has 22 heavy (non-hydrogen) atoms. The van der Waals surface area contributed by atoms with Crippen LogP contribution < -0.4 is 10.1 Å². The molecule has 0 spiro atoms. The summed E-state index contributed by atoms with van der Waals surface area (Å²) in [6.07, 6.45) is 2.27. The van der Waals surface area contributed by atoms with Crippen LogP contribution in [-0.4, -0.2) is 22.3 Å². The molecule has 1 atom stereocenters. The van der Waals surface area contributed by atoms with Gasteiger partial charge in [-0.2, -0.15) is 5.10 Å². The first kappa shape index (κ1) is 14.6. The van der Waals surface area contributed by atoms with Gasteiger partial charge in [0.15, 0.2) is 0 Å². The molecule has 0 radical (unpaired) electrons. The number of ether oxygens (including phenoxy) is 1. The molecule has 1 aromatic heterocycles. The van der Waals surface area contributed by atoms with Crippen LogP contribution in [-0.2, 0) is 11.8 Å². The van der Waals surface area contributed by atoms with Crippen molar-refractivity contribution in [3.05, 3.63) is 41.6 Å². The van der Waals surface area contributed by atoms with Crippen LogP contribution in [0.3, 0.4) is 0 Å². The molecule has 0 bridgehead atoms. The second kappa shape index (κ2) is 5.83. The fourth-order valence-corrected chi connectivity index (χ4v) is 2.72. The van der Waals surface area contributed by atoms with Crippen LogP contribution in [0.25, 0.3) is 0 Å². The summed E-state index contributed by atoms with van der Waals surface area (Å²) in [7, 11) is 1.84. The van der Waals surface area contributed by atoms with Gasteiger partial charge in [0.05, 0.1) is 12.8 Å². The molecule has 116 valence electrons. The predicted molar refractivity (Wildman–Crippen MR) is 85.1 cm³/mol. The molecule has 1 aliphatic rings. The number of anilines is 1. The van der Waals surface area contributed by atoms with Crippen LogP contribution in [0, 0.1) is 5.92 Å². The Kier molecular flexibility index (Phi) is 3.88. The van der Waals surface area contributed by atoms with Crippen molar-refractivity contribution in [2.45, 2.75) is 26.2 Å². The molecule has 2 aromatic rings. The van der Waals surface area contributed by atoms with Crippen LogP contribution in [0.2, 0.25) is 0 Å². The number of benzene rings is 1. The first-order chi connectivity index (χ1) is 10.5. The third-order valence-corrected chi connectivity index (χ3v) is 3.83. The van der Waals surface area contributed by atoms with Crippen molar-refractivity contribution >= 4 is 11.7 Å². The number of rotatable bonds is 4. The third kappa shape index (κ3) is 2.84. The average Bonchev–Trinajstić information content (AvgIpc) is 2.86. The summed E-state index contributed by atoms with van der Waals surface area (Å²) >= 11 is 0. The van der Waals surface area contributed by atoms with Crippen LogP contribution >= 0.6 is 0 Å². The zero-order valence-electron chi connectivity index (χ0n) is 13.2. The standard InChI is InChI=1S/C17H21N3O2/c1-11(2)10-22-13-6-4-5-12(7-13)14-8-16(21)19-17-15(14)9-18-20(17)3/h4-7,9,11,14H,8,10H2,1-3H3,(H,19,21). The van der Waals surface area contributed by atoms with Crippen molar-refractivity contribution in [2.75, 3.05) is 11.9 Å². The molecule has 1 aromatic carbocycles. The van der Waals surface area contributed by atoms with Gasteiger partial charge in [-0.3, -0.25) is 9.48 Å². The van der Waals surface area contributed by atoms with E-state index in [1.165, 1.54) is 0 Å². The Bertz CT molecular complexity index is 691. The van der Waals surface area contributed by atoms with E-state index in [-0.39, 0.29) is 11.8 Å². The number of amides is 1.